The molecule has 0 aliphatic carbocycles. The van der Waals surface area contributed by atoms with Crippen LogP contribution in [0.4, 0.5) is 4.79 Å². The van der Waals surface area contributed by atoms with Crippen LogP contribution in [0, 0.1) is 11.8 Å². The van der Waals surface area contributed by atoms with Crippen molar-refractivity contribution in [3.63, 3.8) is 0 Å². The lowest BCUT2D eigenvalue weighted by atomic mass is 9.74. The molecule has 0 spiro atoms. The maximum absolute atomic E-state index is 12.4. The van der Waals surface area contributed by atoms with Crippen LogP contribution in [-0.2, 0) is 28.5 Å². The highest BCUT2D eigenvalue weighted by Crippen LogP contribution is 2.50. The molecule has 3 aliphatic rings. The standard InChI is InChI=1S/C15H21N3O7/c1-15(2,3)25-14(21)18-9-8(16-17-18)10-6(12(19)22-4)7(11(9)24-10)13(20)23-5/h6-11H,1-5H3/t6-,7-,8-,9+,10+,11-/m1/s1. The number of carbonyl (C=O) groups excluding carboxylic acids is 3. The second-order valence-electron chi connectivity index (χ2n) is 7.17. The largest absolute Gasteiger partial charge is 0.469 e. The van der Waals surface area contributed by atoms with Gasteiger partial charge in [-0.3, -0.25) is 9.59 Å². The third-order valence-electron chi connectivity index (χ3n) is 4.52. The Bertz CT molecular complexity index is 629. The summed E-state index contributed by atoms with van der Waals surface area (Å²) < 4.78 is 20.8. The van der Waals surface area contributed by atoms with E-state index in [2.05, 4.69) is 10.3 Å². The Balaban J connectivity index is 1.87. The molecule has 25 heavy (non-hydrogen) atoms. The maximum Gasteiger partial charge on any atom is 0.432 e. The Morgan fingerprint density at radius 3 is 2.08 bits per heavy atom. The molecule has 10 nitrogen and oxygen atoms in total. The van der Waals surface area contributed by atoms with Gasteiger partial charge in [0, 0.05) is 0 Å². The summed E-state index contributed by atoms with van der Waals surface area (Å²) in [5.41, 5.74) is -0.709. The lowest BCUT2D eigenvalue weighted by Crippen LogP contribution is -2.55. The fourth-order valence-electron chi connectivity index (χ4n) is 3.63. The van der Waals surface area contributed by atoms with E-state index in [0.29, 0.717) is 0 Å². The van der Waals surface area contributed by atoms with Gasteiger partial charge in [-0.25, -0.2) is 4.79 Å². The Morgan fingerprint density at radius 2 is 1.56 bits per heavy atom. The number of hydrogen-bond acceptors (Lipinski definition) is 9. The third-order valence-corrected chi connectivity index (χ3v) is 4.52. The fourth-order valence-corrected chi connectivity index (χ4v) is 3.63. The maximum atomic E-state index is 12.4. The zero-order valence-corrected chi connectivity index (χ0v) is 14.7. The zero-order valence-electron chi connectivity index (χ0n) is 14.7. The van der Waals surface area contributed by atoms with Crippen molar-refractivity contribution >= 4 is 18.0 Å². The van der Waals surface area contributed by atoms with E-state index < -0.39 is 59.8 Å². The molecule has 2 fully saturated rings. The van der Waals surface area contributed by atoms with Crippen LogP contribution in [0.2, 0.25) is 0 Å². The first kappa shape index (κ1) is 17.6. The number of carbonyl (C=O) groups is 3. The Labute approximate surface area is 144 Å². The first-order chi connectivity index (χ1) is 11.7. The molecule has 3 rings (SSSR count). The van der Waals surface area contributed by atoms with Crippen LogP contribution in [0.3, 0.4) is 0 Å². The predicted octanol–water partition coefficient (Wildman–Crippen LogP) is 0.701. The molecule has 0 N–H and O–H groups in total. The summed E-state index contributed by atoms with van der Waals surface area (Å²) in [7, 11) is 2.47. The van der Waals surface area contributed by atoms with Crippen molar-refractivity contribution in [1.82, 2.24) is 5.01 Å². The van der Waals surface area contributed by atoms with Crippen molar-refractivity contribution in [2.75, 3.05) is 14.2 Å². The summed E-state index contributed by atoms with van der Waals surface area (Å²) >= 11 is 0. The van der Waals surface area contributed by atoms with Gasteiger partial charge in [-0.1, -0.05) is 5.22 Å². The van der Waals surface area contributed by atoms with Crippen LogP contribution in [0.1, 0.15) is 20.8 Å². The van der Waals surface area contributed by atoms with Crippen molar-refractivity contribution in [3.8, 4) is 0 Å². The molecule has 6 atom stereocenters. The molecule has 1 amide bonds. The van der Waals surface area contributed by atoms with Crippen molar-refractivity contribution < 1.29 is 33.3 Å². The smallest absolute Gasteiger partial charge is 0.432 e. The van der Waals surface area contributed by atoms with Crippen LogP contribution < -0.4 is 0 Å². The fraction of sp³-hybridized carbons (Fsp3) is 0.800. The number of ether oxygens (including phenoxy) is 4. The van der Waals surface area contributed by atoms with Crippen LogP contribution in [-0.4, -0.2) is 67.2 Å². The highest BCUT2D eigenvalue weighted by atomic mass is 16.6. The number of amides is 1. The lowest BCUT2D eigenvalue weighted by Gasteiger charge is -2.33. The van der Waals surface area contributed by atoms with Gasteiger partial charge in [0.2, 0.25) is 0 Å². The SMILES string of the molecule is COC(=O)[C@H]1[C@@H]2O[C@H]([C@@H]1C(=O)OC)[C@@H]1[C@H]2N=NN1C(=O)OC(C)(C)C. The van der Waals surface area contributed by atoms with Crippen LogP contribution in [0.15, 0.2) is 10.3 Å². The van der Waals surface area contributed by atoms with Crippen LogP contribution in [0.25, 0.3) is 0 Å². The summed E-state index contributed by atoms with van der Waals surface area (Å²) in [5, 5.41) is 9.04. The molecule has 0 radical (unpaired) electrons. The van der Waals surface area contributed by atoms with Gasteiger partial charge in [-0.2, -0.15) is 10.1 Å². The van der Waals surface area contributed by atoms with Crippen LogP contribution >= 0.6 is 0 Å². The second-order valence-corrected chi connectivity index (χ2v) is 7.17. The highest BCUT2D eigenvalue weighted by Gasteiger charge is 2.69. The number of esters is 2. The minimum Gasteiger partial charge on any atom is -0.469 e. The monoisotopic (exact) mass is 355 g/mol. The Morgan fingerprint density at radius 1 is 1.00 bits per heavy atom. The lowest BCUT2D eigenvalue weighted by molar-refractivity contribution is -0.158. The molecular weight excluding hydrogens is 334 g/mol. The van der Waals surface area contributed by atoms with E-state index in [9.17, 15) is 14.4 Å². The van der Waals surface area contributed by atoms with E-state index in [1.165, 1.54) is 14.2 Å². The van der Waals surface area contributed by atoms with Gasteiger partial charge in [0.25, 0.3) is 0 Å². The van der Waals surface area contributed by atoms with Crippen molar-refractivity contribution in [2.24, 2.45) is 22.2 Å². The summed E-state index contributed by atoms with van der Waals surface area (Å²) in [6.07, 6.45) is -2.16. The van der Waals surface area contributed by atoms with E-state index in [4.69, 9.17) is 18.9 Å². The minimum atomic E-state index is -0.892. The number of rotatable bonds is 2. The van der Waals surface area contributed by atoms with Gasteiger partial charge in [0.05, 0.1) is 26.4 Å². The molecular formula is C15H21N3O7. The molecule has 0 saturated carbocycles. The molecule has 138 valence electrons. The Kier molecular flexibility index (Phi) is 4.18. The number of fused-ring (bicyclic) bond motifs is 5. The number of methoxy groups -OCH3 is 2. The molecule has 2 saturated heterocycles. The number of nitrogens with zero attached hydrogens (tertiary/aromatic N) is 3. The molecule has 3 aliphatic heterocycles. The summed E-state index contributed by atoms with van der Waals surface area (Å²) in [6, 6.07) is -1.17. The number of hydrogen-bond donors (Lipinski definition) is 0. The summed E-state index contributed by atoms with van der Waals surface area (Å²) in [4.78, 5) is 36.7. The van der Waals surface area contributed by atoms with E-state index >= 15 is 0 Å². The molecule has 2 bridgehead atoms. The van der Waals surface area contributed by atoms with Crippen molar-refractivity contribution in [2.45, 2.75) is 50.7 Å². The predicted molar refractivity (Wildman–Crippen MR) is 80.2 cm³/mol. The second kappa shape index (κ2) is 5.94. The first-order valence-corrected chi connectivity index (χ1v) is 7.93. The van der Waals surface area contributed by atoms with Gasteiger partial charge in [0.1, 0.15) is 29.5 Å². The van der Waals surface area contributed by atoms with Gasteiger partial charge in [-0.05, 0) is 20.8 Å². The van der Waals surface area contributed by atoms with Gasteiger partial charge < -0.3 is 18.9 Å². The van der Waals surface area contributed by atoms with E-state index in [1.807, 2.05) is 0 Å². The molecule has 0 unspecified atom stereocenters. The molecule has 10 heteroatoms. The van der Waals surface area contributed by atoms with E-state index in [0.717, 1.165) is 5.01 Å². The summed E-state index contributed by atoms with van der Waals surface area (Å²) in [6.45, 7) is 5.20. The molecule has 0 aromatic heterocycles. The molecule has 0 aromatic carbocycles. The highest BCUT2D eigenvalue weighted by molar-refractivity contribution is 5.85. The van der Waals surface area contributed by atoms with E-state index in [1.54, 1.807) is 20.8 Å². The quantitative estimate of drug-likeness (QED) is 0.529. The Hall–Kier alpha value is -2.23. The third kappa shape index (κ3) is 2.74. The minimum absolute atomic E-state index is 0.553. The normalized spacial score (nSPS) is 35.5. The molecule has 3 heterocycles. The molecule has 0 aromatic rings. The van der Waals surface area contributed by atoms with Crippen LogP contribution in [0.5, 0.6) is 0 Å². The average molecular weight is 355 g/mol. The van der Waals surface area contributed by atoms with Gasteiger partial charge in [0.15, 0.2) is 0 Å². The average Bonchev–Trinajstić information content (AvgIpc) is 3.20. The topological polar surface area (TPSA) is 116 Å². The van der Waals surface area contributed by atoms with Crippen molar-refractivity contribution in [3.05, 3.63) is 0 Å². The van der Waals surface area contributed by atoms with E-state index in [-0.39, 0.29) is 0 Å². The van der Waals surface area contributed by atoms with Gasteiger partial charge >= 0.3 is 18.0 Å². The summed E-state index contributed by atoms with van der Waals surface area (Å²) in [5.74, 6) is -2.91. The first-order valence-electron chi connectivity index (χ1n) is 7.93. The van der Waals surface area contributed by atoms with Crippen molar-refractivity contribution in [1.29, 1.82) is 0 Å². The van der Waals surface area contributed by atoms with Gasteiger partial charge in [-0.15, -0.1) is 0 Å². The zero-order chi connectivity index (χ0) is 18.5.